The van der Waals surface area contributed by atoms with Gasteiger partial charge in [0.15, 0.2) is 17.5 Å². The fraction of sp³-hybridized carbons (Fsp3) is 0.0217. The van der Waals surface area contributed by atoms with E-state index in [-0.39, 0.29) is 0 Å². The molecule has 1 aliphatic rings. The monoisotopic (exact) mass is 639 g/mol. The van der Waals surface area contributed by atoms with Gasteiger partial charge in [0.1, 0.15) is 11.2 Å². The van der Waals surface area contributed by atoms with Crippen LogP contribution in [0, 0.1) is 0 Å². The van der Waals surface area contributed by atoms with Gasteiger partial charge in [-0.3, -0.25) is 0 Å². The zero-order chi connectivity index (χ0) is 33.0. The van der Waals surface area contributed by atoms with Crippen LogP contribution in [0.2, 0.25) is 0 Å². The topological polar surface area (TPSA) is 51.8 Å². The van der Waals surface area contributed by atoms with Gasteiger partial charge in [0, 0.05) is 27.5 Å². The first kappa shape index (κ1) is 28.4. The molecule has 4 nitrogen and oxygen atoms in total. The third-order valence-electron chi connectivity index (χ3n) is 9.83. The van der Waals surface area contributed by atoms with Crippen LogP contribution in [-0.2, 0) is 6.42 Å². The number of furan rings is 1. The van der Waals surface area contributed by atoms with Gasteiger partial charge in [0.25, 0.3) is 0 Å². The second kappa shape index (κ2) is 11.5. The molecule has 1 aliphatic carbocycles. The molecule has 4 heteroatoms. The molecule has 0 unspecified atom stereocenters. The van der Waals surface area contributed by atoms with Gasteiger partial charge in [-0.2, -0.15) is 0 Å². The van der Waals surface area contributed by atoms with E-state index >= 15 is 0 Å². The smallest absolute Gasteiger partial charge is 0.164 e. The number of hydrogen-bond donors (Lipinski definition) is 0. The first-order chi connectivity index (χ1) is 24.8. The van der Waals surface area contributed by atoms with Crippen molar-refractivity contribution in [2.75, 3.05) is 0 Å². The Morgan fingerprint density at radius 2 is 0.840 bits per heavy atom. The third-order valence-corrected chi connectivity index (χ3v) is 9.83. The summed E-state index contributed by atoms with van der Waals surface area (Å²) in [6, 6.07) is 56.9. The molecule has 10 rings (SSSR count). The molecule has 0 N–H and O–H groups in total. The highest BCUT2D eigenvalue weighted by Crippen LogP contribution is 2.43. The second-order valence-corrected chi connectivity index (χ2v) is 12.7. The van der Waals surface area contributed by atoms with E-state index in [4.69, 9.17) is 19.4 Å². The number of hydrogen-bond acceptors (Lipinski definition) is 4. The molecule has 7 aromatic carbocycles. The van der Waals surface area contributed by atoms with Crippen LogP contribution in [0.3, 0.4) is 0 Å². The van der Waals surface area contributed by atoms with Gasteiger partial charge < -0.3 is 4.42 Å². The average molecular weight is 640 g/mol. The van der Waals surface area contributed by atoms with Gasteiger partial charge in [0.05, 0.1) is 0 Å². The molecule has 9 aromatic rings. The first-order valence-electron chi connectivity index (χ1n) is 16.9. The van der Waals surface area contributed by atoms with E-state index < -0.39 is 0 Å². The molecule has 0 amide bonds. The van der Waals surface area contributed by atoms with Gasteiger partial charge in [-0.1, -0.05) is 152 Å². The van der Waals surface area contributed by atoms with E-state index in [1.807, 2.05) is 42.5 Å². The summed E-state index contributed by atoms with van der Waals surface area (Å²) in [7, 11) is 0. The molecule has 50 heavy (non-hydrogen) atoms. The van der Waals surface area contributed by atoms with Crippen molar-refractivity contribution in [3.63, 3.8) is 0 Å². The van der Waals surface area contributed by atoms with Crippen molar-refractivity contribution < 1.29 is 4.42 Å². The minimum absolute atomic E-state index is 0.615. The summed E-state index contributed by atoms with van der Waals surface area (Å²) in [6.45, 7) is 0. The molecule has 0 bridgehead atoms. The van der Waals surface area contributed by atoms with Gasteiger partial charge in [-0.05, 0) is 63.1 Å². The maximum absolute atomic E-state index is 6.52. The maximum atomic E-state index is 6.52. The van der Waals surface area contributed by atoms with Crippen LogP contribution in [-0.4, -0.2) is 15.0 Å². The van der Waals surface area contributed by atoms with Crippen molar-refractivity contribution in [1.29, 1.82) is 0 Å². The summed E-state index contributed by atoms with van der Waals surface area (Å²) >= 11 is 0. The SMILES string of the molecule is c1ccc(-c2ccc(-c3cccc4oc5cccc(-c6nc(-c7ccccc7)nc(-c7cccc8c7Cc7ccccc7-8)n6)c5c34)cc2)cc1. The zero-order valence-electron chi connectivity index (χ0n) is 27.0. The van der Waals surface area contributed by atoms with Crippen molar-refractivity contribution in [3.8, 4) is 67.5 Å². The minimum Gasteiger partial charge on any atom is -0.456 e. The molecule has 234 valence electrons. The van der Waals surface area contributed by atoms with Crippen LogP contribution in [0.4, 0.5) is 0 Å². The molecule has 2 aromatic heterocycles. The summed E-state index contributed by atoms with van der Waals surface area (Å²) in [5.41, 5.74) is 14.2. The van der Waals surface area contributed by atoms with Crippen LogP contribution >= 0.6 is 0 Å². The van der Waals surface area contributed by atoms with Crippen LogP contribution in [0.5, 0.6) is 0 Å². The van der Waals surface area contributed by atoms with E-state index in [2.05, 4.69) is 121 Å². The number of benzene rings is 7. The van der Waals surface area contributed by atoms with E-state index in [9.17, 15) is 0 Å². The second-order valence-electron chi connectivity index (χ2n) is 12.7. The van der Waals surface area contributed by atoms with Crippen molar-refractivity contribution in [2.24, 2.45) is 0 Å². The Morgan fingerprint density at radius 1 is 0.340 bits per heavy atom. The standard InChI is InChI=1S/C46H29N3O/c1-3-12-29(13-4-1)30-24-26-31(27-25-30)35-18-10-22-40-42(35)43-38(21-11-23-41(43)50-40)46-48-44(32-14-5-2-6-15-32)47-45(49-46)37-20-9-19-36-34-17-8-7-16-33(34)28-39(36)37/h1-27H,28H2. The highest BCUT2D eigenvalue weighted by molar-refractivity contribution is 6.17. The molecular formula is C46H29N3O. The molecule has 0 radical (unpaired) electrons. The van der Waals surface area contributed by atoms with Crippen LogP contribution in [0.15, 0.2) is 168 Å². The Bertz CT molecular complexity index is 2710. The zero-order valence-corrected chi connectivity index (χ0v) is 27.0. The van der Waals surface area contributed by atoms with Gasteiger partial charge >= 0.3 is 0 Å². The Balaban J connectivity index is 1.18. The van der Waals surface area contributed by atoms with Gasteiger partial charge in [-0.15, -0.1) is 0 Å². The molecular weight excluding hydrogens is 611 g/mol. The Morgan fingerprint density at radius 3 is 1.60 bits per heavy atom. The lowest BCUT2D eigenvalue weighted by molar-refractivity contribution is 0.669. The van der Waals surface area contributed by atoms with E-state index in [0.29, 0.717) is 17.5 Å². The normalized spacial score (nSPS) is 11.9. The number of fused-ring (bicyclic) bond motifs is 6. The number of nitrogens with zero attached hydrogens (tertiary/aromatic N) is 3. The first-order valence-corrected chi connectivity index (χ1v) is 16.9. The van der Waals surface area contributed by atoms with Crippen molar-refractivity contribution in [2.45, 2.75) is 6.42 Å². The van der Waals surface area contributed by atoms with E-state index in [0.717, 1.165) is 56.2 Å². The summed E-state index contributed by atoms with van der Waals surface area (Å²) in [4.78, 5) is 15.5. The Kier molecular flexibility index (Phi) is 6.53. The largest absolute Gasteiger partial charge is 0.456 e. The average Bonchev–Trinajstić information content (AvgIpc) is 3.77. The summed E-state index contributed by atoms with van der Waals surface area (Å²) < 4.78 is 6.52. The number of rotatable bonds is 5. The predicted molar refractivity (Wildman–Crippen MR) is 203 cm³/mol. The molecule has 0 saturated carbocycles. The summed E-state index contributed by atoms with van der Waals surface area (Å²) in [5.74, 6) is 1.92. The fourth-order valence-corrected chi connectivity index (χ4v) is 7.47. The highest BCUT2D eigenvalue weighted by atomic mass is 16.3. The third kappa shape index (κ3) is 4.65. The molecule has 0 saturated heterocycles. The van der Waals surface area contributed by atoms with Crippen LogP contribution in [0.25, 0.3) is 89.5 Å². The lowest BCUT2D eigenvalue weighted by Gasteiger charge is -2.12. The van der Waals surface area contributed by atoms with E-state index in [1.165, 1.54) is 33.4 Å². The number of aromatic nitrogens is 3. The van der Waals surface area contributed by atoms with Gasteiger partial charge in [-0.25, -0.2) is 15.0 Å². The van der Waals surface area contributed by atoms with Crippen LogP contribution < -0.4 is 0 Å². The molecule has 2 heterocycles. The fourth-order valence-electron chi connectivity index (χ4n) is 7.47. The van der Waals surface area contributed by atoms with Crippen molar-refractivity contribution >= 4 is 21.9 Å². The summed E-state index contributed by atoms with van der Waals surface area (Å²) in [6.07, 6.45) is 0.845. The van der Waals surface area contributed by atoms with Gasteiger partial charge in [0.2, 0.25) is 0 Å². The molecule has 0 atom stereocenters. The molecule has 0 fully saturated rings. The Hall–Kier alpha value is -6.65. The summed E-state index contributed by atoms with van der Waals surface area (Å²) in [5, 5.41) is 2.04. The molecule has 0 aliphatic heterocycles. The van der Waals surface area contributed by atoms with Crippen LogP contribution in [0.1, 0.15) is 11.1 Å². The lowest BCUT2D eigenvalue weighted by Crippen LogP contribution is -2.02. The predicted octanol–water partition coefficient (Wildman–Crippen LogP) is 11.7. The van der Waals surface area contributed by atoms with Crippen molar-refractivity contribution in [3.05, 3.63) is 175 Å². The quantitative estimate of drug-likeness (QED) is 0.188. The Labute approximate surface area is 289 Å². The maximum Gasteiger partial charge on any atom is 0.164 e. The lowest BCUT2D eigenvalue weighted by atomic mass is 9.95. The van der Waals surface area contributed by atoms with E-state index in [1.54, 1.807) is 0 Å². The minimum atomic E-state index is 0.615. The molecule has 0 spiro atoms. The van der Waals surface area contributed by atoms with Crippen molar-refractivity contribution in [1.82, 2.24) is 15.0 Å². The highest BCUT2D eigenvalue weighted by Gasteiger charge is 2.24.